The van der Waals surface area contributed by atoms with Gasteiger partial charge >= 0.3 is 0 Å². The first-order valence-corrected chi connectivity index (χ1v) is 8.70. The molecule has 0 aliphatic carbocycles. The zero-order valence-corrected chi connectivity index (χ0v) is 13.9. The molecule has 8 heteroatoms. The van der Waals surface area contributed by atoms with Gasteiger partial charge in [0.05, 0.1) is 5.75 Å². The fourth-order valence-electron chi connectivity index (χ4n) is 1.64. The Labute approximate surface area is 131 Å². The number of hydrogen-bond acceptors (Lipinski definition) is 3. The maximum absolute atomic E-state index is 13.4. The first kappa shape index (κ1) is 18.4. The van der Waals surface area contributed by atoms with E-state index in [1.165, 1.54) is 6.07 Å². The molecule has 3 N–H and O–H groups in total. The van der Waals surface area contributed by atoms with Crippen LogP contribution in [0.4, 0.5) is 4.39 Å². The number of aliphatic imine (C=N–C) groups is 1. The summed E-state index contributed by atoms with van der Waals surface area (Å²) >= 11 is 0. The molecule has 6 nitrogen and oxygen atoms in total. The van der Waals surface area contributed by atoms with Crippen molar-refractivity contribution in [1.29, 1.82) is 0 Å². The Morgan fingerprint density at radius 2 is 2.00 bits per heavy atom. The lowest BCUT2D eigenvalue weighted by molar-refractivity contribution is 0.582. The summed E-state index contributed by atoms with van der Waals surface area (Å²) in [6, 6.07) is 5.04. The number of benzene rings is 1. The number of rotatable bonds is 7. The van der Waals surface area contributed by atoms with Crippen molar-refractivity contribution in [3.63, 3.8) is 0 Å². The Balaban J connectivity index is 2.38. The molecule has 0 fully saturated rings. The van der Waals surface area contributed by atoms with Crippen LogP contribution in [0.25, 0.3) is 0 Å². The van der Waals surface area contributed by atoms with Crippen LogP contribution in [-0.4, -0.2) is 40.3 Å². The molecule has 0 saturated carbocycles. The molecule has 1 aromatic carbocycles. The van der Waals surface area contributed by atoms with Crippen molar-refractivity contribution in [3.05, 3.63) is 35.1 Å². The zero-order valence-electron chi connectivity index (χ0n) is 13.1. The van der Waals surface area contributed by atoms with Gasteiger partial charge in [-0.25, -0.2) is 17.5 Å². The highest BCUT2D eigenvalue weighted by molar-refractivity contribution is 7.89. The summed E-state index contributed by atoms with van der Waals surface area (Å²) in [5.74, 6) is 0.340. The molecule has 0 unspecified atom stereocenters. The standard InChI is InChI=1S/C14H23FN4O2S/c1-4-22(20,21)19-8-7-17-14(16-3)18-10-12-6-5-11(2)13(15)9-12/h5-6,9,19H,4,7-8,10H2,1-3H3,(H2,16,17,18). The molecule has 0 bridgehead atoms. The first-order valence-electron chi connectivity index (χ1n) is 7.05. The van der Waals surface area contributed by atoms with Gasteiger partial charge in [-0.15, -0.1) is 0 Å². The van der Waals surface area contributed by atoms with E-state index >= 15 is 0 Å². The maximum Gasteiger partial charge on any atom is 0.211 e. The fraction of sp³-hybridized carbons (Fsp3) is 0.500. The van der Waals surface area contributed by atoms with Crippen molar-refractivity contribution in [2.45, 2.75) is 20.4 Å². The molecule has 0 amide bonds. The van der Waals surface area contributed by atoms with Gasteiger partial charge in [-0.1, -0.05) is 12.1 Å². The van der Waals surface area contributed by atoms with Crippen LogP contribution in [0.2, 0.25) is 0 Å². The molecule has 0 aliphatic heterocycles. The third-order valence-corrected chi connectivity index (χ3v) is 4.44. The first-order chi connectivity index (χ1) is 10.4. The summed E-state index contributed by atoms with van der Waals surface area (Å²) < 4.78 is 38.4. The normalized spacial score (nSPS) is 12.3. The average molecular weight is 330 g/mol. The number of halogens is 1. The monoisotopic (exact) mass is 330 g/mol. The largest absolute Gasteiger partial charge is 0.355 e. The predicted molar refractivity (Wildman–Crippen MR) is 86.8 cm³/mol. The molecule has 0 heterocycles. The van der Waals surface area contributed by atoms with Crippen LogP contribution in [0.15, 0.2) is 23.2 Å². The van der Waals surface area contributed by atoms with E-state index in [9.17, 15) is 12.8 Å². The Bertz CT molecular complexity index is 617. The average Bonchev–Trinajstić information content (AvgIpc) is 2.50. The van der Waals surface area contributed by atoms with E-state index in [-0.39, 0.29) is 18.1 Å². The lowest BCUT2D eigenvalue weighted by atomic mass is 10.1. The van der Waals surface area contributed by atoms with Crippen molar-refractivity contribution in [2.75, 3.05) is 25.9 Å². The van der Waals surface area contributed by atoms with E-state index in [0.717, 1.165) is 5.56 Å². The van der Waals surface area contributed by atoms with E-state index in [4.69, 9.17) is 0 Å². The number of nitrogens with zero attached hydrogens (tertiary/aromatic N) is 1. The molecule has 0 aromatic heterocycles. The van der Waals surface area contributed by atoms with Gasteiger partial charge in [0.1, 0.15) is 5.82 Å². The highest BCUT2D eigenvalue weighted by Gasteiger charge is 2.05. The highest BCUT2D eigenvalue weighted by atomic mass is 32.2. The Morgan fingerprint density at radius 1 is 1.27 bits per heavy atom. The van der Waals surface area contributed by atoms with Crippen molar-refractivity contribution >= 4 is 16.0 Å². The number of hydrogen-bond donors (Lipinski definition) is 3. The van der Waals surface area contributed by atoms with E-state index in [1.54, 1.807) is 27.0 Å². The van der Waals surface area contributed by atoms with E-state index in [2.05, 4.69) is 20.3 Å². The van der Waals surface area contributed by atoms with Crippen LogP contribution in [0.5, 0.6) is 0 Å². The smallest absolute Gasteiger partial charge is 0.211 e. The lowest BCUT2D eigenvalue weighted by Gasteiger charge is -2.12. The number of aryl methyl sites for hydroxylation is 1. The topological polar surface area (TPSA) is 82.6 Å². The van der Waals surface area contributed by atoms with Crippen LogP contribution in [-0.2, 0) is 16.6 Å². The Morgan fingerprint density at radius 3 is 2.59 bits per heavy atom. The Hall–Kier alpha value is -1.67. The minimum Gasteiger partial charge on any atom is -0.355 e. The molecule has 0 atom stereocenters. The molecule has 1 aromatic rings. The minimum atomic E-state index is -3.18. The van der Waals surface area contributed by atoms with Gasteiger partial charge in [0.15, 0.2) is 5.96 Å². The summed E-state index contributed by atoms with van der Waals surface area (Å²) in [7, 11) is -1.57. The molecule has 0 saturated heterocycles. The zero-order chi connectivity index (χ0) is 16.6. The van der Waals surface area contributed by atoms with Crippen LogP contribution in [0.1, 0.15) is 18.1 Å². The second-order valence-corrected chi connectivity index (χ2v) is 6.83. The highest BCUT2D eigenvalue weighted by Crippen LogP contribution is 2.08. The molecular formula is C14H23FN4O2S. The van der Waals surface area contributed by atoms with Crippen LogP contribution < -0.4 is 15.4 Å². The molecule has 0 radical (unpaired) electrons. The SMILES string of the molecule is CCS(=O)(=O)NCCNC(=NC)NCc1ccc(C)c(F)c1. The molecule has 1 rings (SSSR count). The molecule has 124 valence electrons. The van der Waals surface area contributed by atoms with Crippen molar-refractivity contribution in [1.82, 2.24) is 15.4 Å². The summed E-state index contributed by atoms with van der Waals surface area (Å²) in [4.78, 5) is 4.02. The second-order valence-electron chi connectivity index (χ2n) is 4.73. The van der Waals surface area contributed by atoms with Crippen molar-refractivity contribution in [3.8, 4) is 0 Å². The van der Waals surface area contributed by atoms with Gasteiger partial charge in [0, 0.05) is 26.7 Å². The van der Waals surface area contributed by atoms with Crippen LogP contribution >= 0.6 is 0 Å². The van der Waals surface area contributed by atoms with Gasteiger partial charge in [-0.05, 0) is 31.0 Å². The van der Waals surface area contributed by atoms with Gasteiger partial charge < -0.3 is 10.6 Å². The summed E-state index contributed by atoms with van der Waals surface area (Å²) in [6.07, 6.45) is 0. The summed E-state index contributed by atoms with van der Waals surface area (Å²) in [5, 5.41) is 6.02. The third-order valence-electron chi connectivity index (χ3n) is 3.04. The Kier molecular flexibility index (Phi) is 7.26. The van der Waals surface area contributed by atoms with Crippen molar-refractivity contribution < 1.29 is 12.8 Å². The van der Waals surface area contributed by atoms with Crippen LogP contribution in [0.3, 0.4) is 0 Å². The molecular weight excluding hydrogens is 307 g/mol. The third kappa shape index (κ3) is 6.40. The molecule has 22 heavy (non-hydrogen) atoms. The van der Waals surface area contributed by atoms with E-state index < -0.39 is 10.0 Å². The van der Waals surface area contributed by atoms with Gasteiger partial charge in [-0.2, -0.15) is 0 Å². The van der Waals surface area contributed by atoms with Crippen molar-refractivity contribution in [2.24, 2.45) is 4.99 Å². The van der Waals surface area contributed by atoms with Gasteiger partial charge in [0.2, 0.25) is 10.0 Å². The van der Waals surface area contributed by atoms with E-state index in [0.29, 0.717) is 24.6 Å². The second kappa shape index (κ2) is 8.70. The number of nitrogens with one attached hydrogen (secondary N) is 3. The summed E-state index contributed by atoms with van der Waals surface area (Å²) in [5.41, 5.74) is 1.41. The van der Waals surface area contributed by atoms with Crippen LogP contribution in [0, 0.1) is 12.7 Å². The quantitative estimate of drug-likeness (QED) is 0.391. The van der Waals surface area contributed by atoms with Gasteiger partial charge in [-0.3, -0.25) is 4.99 Å². The minimum absolute atomic E-state index is 0.0545. The lowest BCUT2D eigenvalue weighted by Crippen LogP contribution is -2.41. The molecule has 0 spiro atoms. The fourth-order valence-corrected chi connectivity index (χ4v) is 2.26. The molecule has 0 aliphatic rings. The maximum atomic E-state index is 13.4. The number of sulfonamides is 1. The van der Waals surface area contributed by atoms with E-state index in [1.807, 2.05) is 6.07 Å². The number of guanidine groups is 1. The summed E-state index contributed by atoms with van der Waals surface area (Å²) in [6.45, 7) is 4.40. The predicted octanol–water partition coefficient (Wildman–Crippen LogP) is 0.738. The van der Waals surface area contributed by atoms with Gasteiger partial charge in [0.25, 0.3) is 0 Å².